The zero-order valence-electron chi connectivity index (χ0n) is 13.5. The molecule has 1 atom stereocenters. The van der Waals surface area contributed by atoms with Crippen molar-refractivity contribution in [2.24, 2.45) is 0 Å². The van der Waals surface area contributed by atoms with E-state index < -0.39 is 11.7 Å². The van der Waals surface area contributed by atoms with Gasteiger partial charge in [0, 0.05) is 12.2 Å². The van der Waals surface area contributed by atoms with Gasteiger partial charge in [-0.2, -0.15) is 0 Å². The quantitative estimate of drug-likeness (QED) is 0.928. The normalized spacial score (nSPS) is 18.1. The van der Waals surface area contributed by atoms with Crippen LogP contribution in [0.25, 0.3) is 0 Å². The van der Waals surface area contributed by atoms with Crippen LogP contribution in [0.3, 0.4) is 0 Å². The van der Waals surface area contributed by atoms with E-state index in [1.165, 1.54) is 0 Å². The molecule has 0 saturated carbocycles. The van der Waals surface area contributed by atoms with Crippen LogP contribution in [-0.4, -0.2) is 41.5 Å². The minimum Gasteiger partial charge on any atom is -0.444 e. The number of anilines is 1. The average molecular weight is 304 g/mol. The molecule has 0 unspecified atom stereocenters. The van der Waals surface area contributed by atoms with Crippen molar-refractivity contribution >= 4 is 17.6 Å². The van der Waals surface area contributed by atoms with E-state index in [0.717, 1.165) is 12.1 Å². The molecule has 0 radical (unpaired) electrons. The Kier molecular flexibility index (Phi) is 5.06. The molecule has 1 fully saturated rings. The summed E-state index contributed by atoms with van der Waals surface area (Å²) in [7, 11) is 0. The van der Waals surface area contributed by atoms with Crippen LogP contribution in [0.1, 0.15) is 33.6 Å². The molecule has 1 N–H and O–H groups in total. The molecule has 0 bridgehead atoms. The Morgan fingerprint density at radius 3 is 2.59 bits per heavy atom. The SMILES string of the molecule is CC(C)(C)OC(=O)N1CCC[C@@H]1C(=O)CNc1ccccc1. The zero-order chi connectivity index (χ0) is 16.2. The van der Waals surface area contributed by atoms with Gasteiger partial charge >= 0.3 is 6.09 Å². The molecular weight excluding hydrogens is 280 g/mol. The van der Waals surface area contributed by atoms with Crippen molar-refractivity contribution in [1.82, 2.24) is 4.90 Å². The Morgan fingerprint density at radius 2 is 1.95 bits per heavy atom. The number of nitrogens with zero attached hydrogens (tertiary/aromatic N) is 1. The largest absolute Gasteiger partial charge is 0.444 e. The molecule has 120 valence electrons. The van der Waals surface area contributed by atoms with E-state index in [9.17, 15) is 9.59 Å². The molecule has 2 rings (SSSR count). The monoisotopic (exact) mass is 304 g/mol. The maximum absolute atomic E-state index is 12.4. The summed E-state index contributed by atoms with van der Waals surface area (Å²) in [5.41, 5.74) is 0.355. The van der Waals surface area contributed by atoms with Crippen LogP contribution in [0.5, 0.6) is 0 Å². The van der Waals surface area contributed by atoms with Crippen LogP contribution in [0.4, 0.5) is 10.5 Å². The number of benzene rings is 1. The van der Waals surface area contributed by atoms with Crippen LogP contribution in [0.15, 0.2) is 30.3 Å². The van der Waals surface area contributed by atoms with Crippen LogP contribution in [-0.2, 0) is 9.53 Å². The van der Waals surface area contributed by atoms with Gasteiger partial charge < -0.3 is 10.1 Å². The summed E-state index contributed by atoms with van der Waals surface area (Å²) in [5, 5.41) is 3.10. The van der Waals surface area contributed by atoms with E-state index >= 15 is 0 Å². The molecule has 0 spiro atoms. The number of ketones is 1. The van der Waals surface area contributed by atoms with Crippen molar-refractivity contribution in [2.75, 3.05) is 18.4 Å². The molecule has 0 aromatic heterocycles. The van der Waals surface area contributed by atoms with E-state index in [4.69, 9.17) is 4.74 Å². The minimum atomic E-state index is -0.546. The van der Waals surface area contributed by atoms with E-state index in [-0.39, 0.29) is 18.4 Å². The van der Waals surface area contributed by atoms with Gasteiger partial charge in [0.2, 0.25) is 0 Å². The van der Waals surface area contributed by atoms with Crippen molar-refractivity contribution in [3.8, 4) is 0 Å². The smallest absolute Gasteiger partial charge is 0.410 e. The first-order valence-corrected chi connectivity index (χ1v) is 7.68. The number of hydrogen-bond acceptors (Lipinski definition) is 4. The van der Waals surface area contributed by atoms with E-state index in [1.807, 2.05) is 51.1 Å². The summed E-state index contributed by atoms with van der Waals surface area (Å²) in [6, 6.07) is 9.19. The molecule has 5 heteroatoms. The Morgan fingerprint density at radius 1 is 1.27 bits per heavy atom. The lowest BCUT2D eigenvalue weighted by molar-refractivity contribution is -0.121. The number of ether oxygens (including phenoxy) is 1. The Bertz CT molecular complexity index is 522. The van der Waals surface area contributed by atoms with Crippen molar-refractivity contribution in [3.63, 3.8) is 0 Å². The number of rotatable bonds is 4. The summed E-state index contributed by atoms with van der Waals surface area (Å²) in [4.78, 5) is 26.1. The summed E-state index contributed by atoms with van der Waals surface area (Å²) < 4.78 is 5.38. The Labute approximate surface area is 131 Å². The van der Waals surface area contributed by atoms with E-state index in [1.54, 1.807) is 4.90 Å². The maximum Gasteiger partial charge on any atom is 0.410 e. The molecule has 22 heavy (non-hydrogen) atoms. The molecule has 1 aromatic carbocycles. The number of carbonyl (C=O) groups is 2. The lowest BCUT2D eigenvalue weighted by atomic mass is 10.1. The molecule has 1 aromatic rings. The second-order valence-corrected chi connectivity index (χ2v) is 6.52. The van der Waals surface area contributed by atoms with Gasteiger partial charge in [-0.15, -0.1) is 0 Å². The second kappa shape index (κ2) is 6.81. The standard InChI is InChI=1S/C17H24N2O3/c1-17(2,3)22-16(21)19-11-7-10-14(19)15(20)12-18-13-8-5-4-6-9-13/h4-6,8-9,14,18H,7,10-12H2,1-3H3/t14-/m1/s1. The van der Waals surface area contributed by atoms with Crippen molar-refractivity contribution in [1.29, 1.82) is 0 Å². The first-order valence-electron chi connectivity index (χ1n) is 7.68. The third kappa shape index (κ3) is 4.48. The van der Waals surface area contributed by atoms with E-state index in [0.29, 0.717) is 13.0 Å². The van der Waals surface area contributed by atoms with Gasteiger partial charge in [0.05, 0.1) is 12.6 Å². The molecule has 1 aliphatic rings. The Hall–Kier alpha value is -2.04. The fourth-order valence-corrected chi connectivity index (χ4v) is 2.50. The van der Waals surface area contributed by atoms with Gasteiger partial charge in [0.1, 0.15) is 5.60 Å². The van der Waals surface area contributed by atoms with Gasteiger partial charge in [0.25, 0.3) is 0 Å². The van der Waals surface area contributed by atoms with Gasteiger partial charge in [-0.1, -0.05) is 18.2 Å². The highest BCUT2D eigenvalue weighted by molar-refractivity contribution is 5.91. The fraction of sp³-hybridized carbons (Fsp3) is 0.529. The van der Waals surface area contributed by atoms with Crippen LogP contribution >= 0.6 is 0 Å². The lowest BCUT2D eigenvalue weighted by Gasteiger charge is -2.28. The maximum atomic E-state index is 12.4. The summed E-state index contributed by atoms with van der Waals surface area (Å²) in [6.45, 7) is 6.28. The number of likely N-dealkylation sites (tertiary alicyclic amines) is 1. The number of carbonyl (C=O) groups excluding carboxylic acids is 2. The second-order valence-electron chi connectivity index (χ2n) is 6.52. The zero-order valence-corrected chi connectivity index (χ0v) is 13.5. The van der Waals surface area contributed by atoms with Gasteiger partial charge in [-0.3, -0.25) is 9.69 Å². The van der Waals surface area contributed by atoms with Crippen LogP contribution in [0.2, 0.25) is 0 Å². The fourth-order valence-electron chi connectivity index (χ4n) is 2.50. The molecule has 1 heterocycles. The predicted molar refractivity (Wildman–Crippen MR) is 85.9 cm³/mol. The molecule has 0 aliphatic carbocycles. The van der Waals surface area contributed by atoms with Gasteiger partial charge in [-0.25, -0.2) is 4.79 Å². The van der Waals surface area contributed by atoms with Crippen LogP contribution < -0.4 is 5.32 Å². The summed E-state index contributed by atoms with van der Waals surface area (Å²) in [5.74, 6) is 0.0206. The number of para-hydroxylation sites is 1. The topological polar surface area (TPSA) is 58.6 Å². The number of Topliss-reactive ketones (excluding diaryl/α,β-unsaturated/α-hetero) is 1. The molecule has 1 amide bonds. The molecule has 1 aliphatic heterocycles. The van der Waals surface area contributed by atoms with Crippen molar-refractivity contribution < 1.29 is 14.3 Å². The summed E-state index contributed by atoms with van der Waals surface area (Å²) >= 11 is 0. The first kappa shape index (κ1) is 16.3. The highest BCUT2D eigenvalue weighted by Gasteiger charge is 2.36. The minimum absolute atomic E-state index is 0.0206. The number of nitrogens with one attached hydrogen (secondary N) is 1. The van der Waals surface area contributed by atoms with Crippen LogP contribution in [0, 0.1) is 0 Å². The third-order valence-corrected chi connectivity index (χ3v) is 3.49. The number of hydrogen-bond donors (Lipinski definition) is 1. The lowest BCUT2D eigenvalue weighted by Crippen LogP contribution is -2.45. The van der Waals surface area contributed by atoms with Gasteiger partial charge in [-0.05, 0) is 45.7 Å². The van der Waals surface area contributed by atoms with Gasteiger partial charge in [0.15, 0.2) is 5.78 Å². The predicted octanol–water partition coefficient (Wildman–Crippen LogP) is 3.07. The van der Waals surface area contributed by atoms with E-state index in [2.05, 4.69) is 5.32 Å². The Balaban J connectivity index is 1.92. The molecule has 1 saturated heterocycles. The summed E-state index contributed by atoms with van der Waals surface area (Å²) in [6.07, 6.45) is 1.14. The average Bonchev–Trinajstić information content (AvgIpc) is 2.93. The number of amides is 1. The third-order valence-electron chi connectivity index (χ3n) is 3.49. The molecular formula is C17H24N2O3. The highest BCUT2D eigenvalue weighted by Crippen LogP contribution is 2.21. The highest BCUT2D eigenvalue weighted by atomic mass is 16.6. The van der Waals surface area contributed by atoms with Crippen molar-refractivity contribution in [2.45, 2.75) is 45.3 Å². The molecule has 5 nitrogen and oxygen atoms in total. The van der Waals surface area contributed by atoms with Crippen molar-refractivity contribution in [3.05, 3.63) is 30.3 Å². The first-order chi connectivity index (χ1) is 10.4.